The van der Waals surface area contributed by atoms with Gasteiger partial charge in [0.25, 0.3) is 0 Å². The maximum Gasteiger partial charge on any atom is 0.185 e. The van der Waals surface area contributed by atoms with Crippen LogP contribution in [-0.4, -0.2) is 22.6 Å². The van der Waals surface area contributed by atoms with Crippen LogP contribution in [0.4, 0.5) is 0 Å². The Hall–Kier alpha value is -7.34. The fourth-order valence-electron chi connectivity index (χ4n) is 9.46. The van der Waals surface area contributed by atoms with Crippen molar-refractivity contribution in [1.82, 2.24) is 14.5 Å². The Bertz CT molecular complexity index is 3300. The summed E-state index contributed by atoms with van der Waals surface area (Å²) in [7, 11) is -2.90. The molecule has 57 heavy (non-hydrogen) atoms. The maximum absolute atomic E-state index is 6.41. The number of rotatable bonds is 5. The molecule has 0 radical (unpaired) electrons. The summed E-state index contributed by atoms with van der Waals surface area (Å²) in [5, 5.41) is 9.90. The molecule has 0 fully saturated rings. The molecule has 0 unspecified atom stereocenters. The van der Waals surface area contributed by atoms with Gasteiger partial charge in [-0.25, -0.2) is 9.97 Å². The van der Waals surface area contributed by atoms with Gasteiger partial charge in [0.2, 0.25) is 0 Å². The molecule has 4 nitrogen and oxygen atoms in total. The highest BCUT2D eigenvalue weighted by atomic mass is 28.3. The first kappa shape index (κ1) is 32.0. The van der Waals surface area contributed by atoms with Crippen LogP contribution in [0.15, 0.2) is 205 Å². The van der Waals surface area contributed by atoms with Crippen LogP contribution in [0.1, 0.15) is 0 Å². The van der Waals surface area contributed by atoms with Gasteiger partial charge in [-0.05, 0) is 45.9 Å². The Labute approximate surface area is 330 Å². The molecule has 8 aromatic carbocycles. The van der Waals surface area contributed by atoms with Crippen molar-refractivity contribution in [1.29, 1.82) is 0 Å². The van der Waals surface area contributed by atoms with Gasteiger partial charge >= 0.3 is 0 Å². The molecule has 0 saturated heterocycles. The lowest BCUT2D eigenvalue weighted by molar-refractivity contribution is 0.669. The predicted molar refractivity (Wildman–Crippen MR) is 237 cm³/mol. The summed E-state index contributed by atoms with van der Waals surface area (Å²) in [5.41, 5.74) is 10.4. The van der Waals surface area contributed by atoms with Crippen LogP contribution in [0.5, 0.6) is 0 Å². The number of fused-ring (bicyclic) bond motifs is 9. The van der Waals surface area contributed by atoms with E-state index in [0.29, 0.717) is 0 Å². The van der Waals surface area contributed by atoms with E-state index in [0.717, 1.165) is 67.0 Å². The average Bonchev–Trinajstić information content (AvgIpc) is 3.92. The summed E-state index contributed by atoms with van der Waals surface area (Å²) in [4.78, 5) is 11.0. The minimum atomic E-state index is -2.90. The topological polar surface area (TPSA) is 43.9 Å². The molecule has 12 rings (SSSR count). The van der Waals surface area contributed by atoms with E-state index < -0.39 is 8.07 Å². The number of hydrogen-bond acceptors (Lipinski definition) is 3. The van der Waals surface area contributed by atoms with Crippen molar-refractivity contribution in [2.24, 2.45) is 0 Å². The smallest absolute Gasteiger partial charge is 0.185 e. The van der Waals surface area contributed by atoms with Crippen molar-refractivity contribution in [3.05, 3.63) is 200 Å². The minimum Gasteiger partial charge on any atom is -0.456 e. The first-order valence-corrected chi connectivity index (χ1v) is 21.4. The molecule has 1 aliphatic heterocycles. The fraction of sp³-hybridized carbons (Fsp3) is 0. The molecule has 5 heteroatoms. The van der Waals surface area contributed by atoms with Crippen molar-refractivity contribution in [2.45, 2.75) is 0 Å². The summed E-state index contributed by atoms with van der Waals surface area (Å²) >= 11 is 0. The van der Waals surface area contributed by atoms with Gasteiger partial charge in [0, 0.05) is 55.2 Å². The van der Waals surface area contributed by atoms with Gasteiger partial charge in [-0.15, -0.1) is 0 Å². The lowest BCUT2D eigenvalue weighted by atomic mass is 10.1. The molecule has 4 heterocycles. The number of nitrogens with zero attached hydrogens (tertiary/aromatic N) is 3. The molecule has 0 spiro atoms. The normalized spacial score (nSPS) is 13.1. The van der Waals surface area contributed by atoms with Crippen molar-refractivity contribution >= 4 is 72.6 Å². The van der Waals surface area contributed by atoms with Crippen molar-refractivity contribution < 1.29 is 4.42 Å². The van der Waals surface area contributed by atoms with Gasteiger partial charge in [-0.3, -0.25) is 0 Å². The van der Waals surface area contributed by atoms with Crippen LogP contribution in [0.3, 0.4) is 0 Å². The second kappa shape index (κ2) is 12.3. The Morgan fingerprint density at radius 2 is 1.04 bits per heavy atom. The van der Waals surface area contributed by atoms with Gasteiger partial charge in [-0.2, -0.15) is 0 Å². The van der Waals surface area contributed by atoms with E-state index in [2.05, 4.69) is 187 Å². The number of aromatic nitrogens is 3. The lowest BCUT2D eigenvalue weighted by Crippen LogP contribution is -2.73. The fourth-order valence-corrected chi connectivity index (χ4v) is 14.7. The molecule has 3 aromatic heterocycles. The molecule has 1 aliphatic rings. The van der Waals surface area contributed by atoms with Crippen LogP contribution in [0, 0.1) is 0 Å². The first-order valence-electron chi connectivity index (χ1n) is 19.4. The molecule has 0 bridgehead atoms. The van der Waals surface area contributed by atoms with Crippen LogP contribution >= 0.6 is 0 Å². The third-order valence-corrected chi connectivity index (χ3v) is 16.8. The second-order valence-corrected chi connectivity index (χ2v) is 18.6. The Morgan fingerprint density at radius 1 is 0.421 bits per heavy atom. The van der Waals surface area contributed by atoms with Gasteiger partial charge in [-0.1, -0.05) is 164 Å². The third-order valence-electron chi connectivity index (χ3n) is 11.9. The van der Waals surface area contributed by atoms with Gasteiger partial charge in [0.1, 0.15) is 11.2 Å². The first-order chi connectivity index (χ1) is 28.3. The minimum absolute atomic E-state index is 0.728. The second-order valence-electron chi connectivity index (χ2n) is 14.9. The highest BCUT2D eigenvalue weighted by Crippen LogP contribution is 2.39. The number of para-hydroxylation sites is 2. The number of furan rings is 1. The predicted octanol–water partition coefficient (Wildman–Crippen LogP) is 10.2. The molecule has 0 saturated carbocycles. The van der Waals surface area contributed by atoms with E-state index in [1.165, 1.54) is 37.1 Å². The van der Waals surface area contributed by atoms with Crippen LogP contribution in [-0.2, 0) is 0 Å². The highest BCUT2D eigenvalue weighted by molar-refractivity contribution is 7.22. The summed E-state index contributed by atoms with van der Waals surface area (Å²) < 4.78 is 8.77. The van der Waals surface area contributed by atoms with E-state index in [9.17, 15) is 0 Å². The highest BCUT2D eigenvalue weighted by Gasteiger charge is 2.51. The zero-order chi connectivity index (χ0) is 37.5. The van der Waals surface area contributed by atoms with E-state index in [4.69, 9.17) is 14.4 Å². The SMILES string of the molecule is c1ccc(-c2nc(-c3ccc(-n4c5ccccc5c5cc6c(cc54)oc4ccccc46)cc3)c3c(n2)-c2ccccc2[Si]3(c2ccccc2)c2ccccc2)cc1. The monoisotopic (exact) mass is 743 g/mol. The molecular weight excluding hydrogens is 711 g/mol. The summed E-state index contributed by atoms with van der Waals surface area (Å²) in [6, 6.07) is 71.9. The van der Waals surface area contributed by atoms with Crippen molar-refractivity contribution in [3.8, 4) is 39.6 Å². The Balaban J connectivity index is 1.12. The average molecular weight is 744 g/mol. The Kier molecular flexibility index (Phi) is 6.91. The van der Waals surface area contributed by atoms with E-state index in [1.807, 2.05) is 18.2 Å². The van der Waals surface area contributed by atoms with Crippen LogP contribution in [0.2, 0.25) is 0 Å². The summed E-state index contributed by atoms with van der Waals surface area (Å²) in [6.45, 7) is 0. The zero-order valence-electron chi connectivity index (χ0n) is 30.8. The van der Waals surface area contributed by atoms with E-state index in [-0.39, 0.29) is 0 Å². The quantitative estimate of drug-likeness (QED) is 0.165. The third kappa shape index (κ3) is 4.61. The maximum atomic E-state index is 6.41. The summed E-state index contributed by atoms with van der Waals surface area (Å²) in [5.74, 6) is 0.728. The number of hydrogen-bond donors (Lipinski definition) is 0. The number of benzene rings is 8. The van der Waals surface area contributed by atoms with Crippen LogP contribution in [0.25, 0.3) is 83.3 Å². The zero-order valence-corrected chi connectivity index (χ0v) is 31.8. The van der Waals surface area contributed by atoms with Crippen LogP contribution < -0.4 is 20.7 Å². The molecule has 11 aromatic rings. The summed E-state index contributed by atoms with van der Waals surface area (Å²) in [6.07, 6.45) is 0. The van der Waals surface area contributed by atoms with Crippen molar-refractivity contribution in [3.63, 3.8) is 0 Å². The molecule has 266 valence electrons. The molecule has 0 N–H and O–H groups in total. The van der Waals surface area contributed by atoms with Gasteiger partial charge in [0.05, 0.1) is 22.4 Å². The molecule has 0 amide bonds. The van der Waals surface area contributed by atoms with Gasteiger partial charge < -0.3 is 8.98 Å². The van der Waals surface area contributed by atoms with Crippen molar-refractivity contribution in [2.75, 3.05) is 0 Å². The lowest BCUT2D eigenvalue weighted by Gasteiger charge is -2.32. The standard InChI is InChI=1S/C52H33N3OSi/c1-4-16-35(17-5-1)52-53-49(51-50(54-52)41-24-12-15-27-48(41)57(51,37-18-6-2-7-19-37)38-20-8-3-9-21-38)34-28-30-36(31-29-34)55-44-25-13-10-22-39(44)42-32-43-40-23-11-14-26-46(40)56-47(43)33-45(42)55/h1-33H. The molecular formula is C52H33N3OSi. The Morgan fingerprint density at radius 3 is 1.79 bits per heavy atom. The van der Waals surface area contributed by atoms with Gasteiger partial charge in [0.15, 0.2) is 13.9 Å². The molecule has 0 aliphatic carbocycles. The molecule has 0 atom stereocenters. The van der Waals surface area contributed by atoms with E-state index >= 15 is 0 Å². The largest absolute Gasteiger partial charge is 0.456 e. The van der Waals surface area contributed by atoms with E-state index in [1.54, 1.807) is 0 Å².